The number of hydrogen-bond donors (Lipinski definition) is 0. The molecule has 6 heteroatoms. The summed E-state index contributed by atoms with van der Waals surface area (Å²) in [5, 5.41) is 0.607. The summed E-state index contributed by atoms with van der Waals surface area (Å²) in [4.78, 5) is 21.8. The van der Waals surface area contributed by atoms with Crippen molar-refractivity contribution in [1.29, 1.82) is 0 Å². The molecule has 1 aliphatic heterocycles. The Morgan fingerprint density at radius 3 is 2.18 bits per heavy atom. The smallest absolute Gasteiger partial charge is 0.202 e. The van der Waals surface area contributed by atoms with Crippen molar-refractivity contribution in [3.8, 4) is 0 Å². The SMILES string of the molecule is O=C(Cc1nc2cc(Cl)ccc2o1)CN1CCN(C(c2ccccc2)c2ccccc2)CC1. The Hall–Kier alpha value is -2.99. The van der Waals surface area contributed by atoms with Crippen molar-refractivity contribution in [2.24, 2.45) is 0 Å². The van der Waals surface area contributed by atoms with Crippen LogP contribution in [0.2, 0.25) is 5.02 Å². The summed E-state index contributed by atoms with van der Waals surface area (Å²) >= 11 is 6.02. The van der Waals surface area contributed by atoms with Gasteiger partial charge in [-0.15, -0.1) is 0 Å². The lowest BCUT2D eigenvalue weighted by atomic mass is 9.96. The van der Waals surface area contributed by atoms with Crippen LogP contribution in [0.4, 0.5) is 0 Å². The summed E-state index contributed by atoms with van der Waals surface area (Å²) in [5.41, 5.74) is 3.93. The first-order valence-electron chi connectivity index (χ1n) is 11.3. The van der Waals surface area contributed by atoms with Crippen molar-refractivity contribution in [3.63, 3.8) is 0 Å². The normalized spacial score (nSPS) is 15.3. The van der Waals surface area contributed by atoms with Gasteiger partial charge >= 0.3 is 0 Å². The fourth-order valence-electron chi connectivity index (χ4n) is 4.56. The molecule has 2 heterocycles. The van der Waals surface area contributed by atoms with Crippen LogP contribution in [-0.4, -0.2) is 53.3 Å². The number of oxazole rings is 1. The Balaban J connectivity index is 1.21. The zero-order valence-corrected chi connectivity index (χ0v) is 19.1. The molecule has 0 unspecified atom stereocenters. The van der Waals surface area contributed by atoms with Crippen LogP contribution in [0.3, 0.4) is 0 Å². The van der Waals surface area contributed by atoms with E-state index in [2.05, 4.69) is 75.4 Å². The third-order valence-electron chi connectivity index (χ3n) is 6.14. The van der Waals surface area contributed by atoms with Gasteiger partial charge in [0.2, 0.25) is 5.89 Å². The van der Waals surface area contributed by atoms with E-state index in [1.807, 2.05) is 0 Å². The second-order valence-corrected chi connectivity index (χ2v) is 8.91. The van der Waals surface area contributed by atoms with Gasteiger partial charge in [-0.3, -0.25) is 14.6 Å². The van der Waals surface area contributed by atoms with Crippen molar-refractivity contribution in [2.75, 3.05) is 32.7 Å². The second-order valence-electron chi connectivity index (χ2n) is 8.47. The average Bonchev–Trinajstić information content (AvgIpc) is 3.23. The van der Waals surface area contributed by atoms with Crippen molar-refractivity contribution in [1.82, 2.24) is 14.8 Å². The lowest BCUT2D eigenvalue weighted by Gasteiger charge is -2.39. The summed E-state index contributed by atoms with van der Waals surface area (Å²) in [5.74, 6) is 0.563. The maximum absolute atomic E-state index is 12.7. The lowest BCUT2D eigenvalue weighted by molar-refractivity contribution is -0.120. The zero-order valence-electron chi connectivity index (χ0n) is 18.4. The molecule has 168 valence electrons. The van der Waals surface area contributed by atoms with Crippen molar-refractivity contribution in [3.05, 3.63) is 101 Å². The average molecular weight is 460 g/mol. The van der Waals surface area contributed by atoms with Gasteiger partial charge in [-0.25, -0.2) is 4.98 Å². The van der Waals surface area contributed by atoms with Crippen LogP contribution in [0, 0.1) is 0 Å². The number of ketones is 1. The molecule has 0 atom stereocenters. The van der Waals surface area contributed by atoms with Gasteiger partial charge in [-0.05, 0) is 29.3 Å². The molecule has 0 saturated carbocycles. The van der Waals surface area contributed by atoms with E-state index in [1.54, 1.807) is 18.2 Å². The highest BCUT2D eigenvalue weighted by atomic mass is 35.5. The molecule has 1 saturated heterocycles. The molecule has 0 aliphatic carbocycles. The number of Topliss-reactive ketones (excluding diaryl/α,β-unsaturated/α-hetero) is 1. The number of nitrogens with zero attached hydrogens (tertiary/aromatic N) is 3. The first-order valence-corrected chi connectivity index (χ1v) is 11.7. The first-order chi connectivity index (χ1) is 16.2. The maximum Gasteiger partial charge on any atom is 0.202 e. The van der Waals surface area contributed by atoms with Crippen LogP contribution in [0.25, 0.3) is 11.1 Å². The predicted molar refractivity (Wildman–Crippen MR) is 130 cm³/mol. The number of halogens is 1. The fraction of sp³-hybridized carbons (Fsp3) is 0.259. The minimum absolute atomic E-state index is 0.115. The molecular formula is C27H26ClN3O2. The Morgan fingerprint density at radius 1 is 0.909 bits per heavy atom. The molecule has 33 heavy (non-hydrogen) atoms. The van der Waals surface area contributed by atoms with E-state index in [9.17, 15) is 4.79 Å². The van der Waals surface area contributed by atoms with E-state index in [1.165, 1.54) is 11.1 Å². The molecular weight excluding hydrogens is 434 g/mol. The largest absolute Gasteiger partial charge is 0.440 e. The number of carbonyl (C=O) groups is 1. The second kappa shape index (κ2) is 9.87. The van der Waals surface area contributed by atoms with Crippen LogP contribution < -0.4 is 0 Å². The quantitative estimate of drug-likeness (QED) is 0.389. The Bertz CT molecular complexity index is 1180. The molecule has 0 bridgehead atoms. The third kappa shape index (κ3) is 5.17. The minimum Gasteiger partial charge on any atom is -0.440 e. The number of benzene rings is 3. The minimum atomic E-state index is 0.115. The molecule has 5 rings (SSSR count). The Labute approximate surface area is 198 Å². The highest BCUT2D eigenvalue weighted by molar-refractivity contribution is 6.31. The van der Waals surface area contributed by atoms with Crippen molar-refractivity contribution in [2.45, 2.75) is 12.5 Å². The topological polar surface area (TPSA) is 49.6 Å². The van der Waals surface area contributed by atoms with Crippen LogP contribution >= 0.6 is 11.6 Å². The first kappa shape index (κ1) is 21.8. The van der Waals surface area contributed by atoms with Gasteiger partial charge in [0.25, 0.3) is 0 Å². The molecule has 0 spiro atoms. The number of aromatic nitrogens is 1. The molecule has 1 fully saturated rings. The summed E-state index contributed by atoms with van der Waals surface area (Å²) in [7, 11) is 0. The van der Waals surface area contributed by atoms with Gasteiger partial charge in [-0.2, -0.15) is 0 Å². The fourth-order valence-corrected chi connectivity index (χ4v) is 4.73. The van der Waals surface area contributed by atoms with E-state index < -0.39 is 0 Å². The number of carbonyl (C=O) groups excluding carboxylic acids is 1. The van der Waals surface area contributed by atoms with Crippen LogP contribution in [0.1, 0.15) is 23.1 Å². The summed E-state index contributed by atoms with van der Waals surface area (Å²) in [6, 6.07) is 26.8. The molecule has 3 aromatic carbocycles. The van der Waals surface area contributed by atoms with E-state index in [4.69, 9.17) is 16.0 Å². The van der Waals surface area contributed by atoms with Crippen LogP contribution in [0.15, 0.2) is 83.3 Å². The molecule has 0 radical (unpaired) electrons. The summed E-state index contributed by atoms with van der Waals surface area (Å²) in [6.07, 6.45) is 0.198. The third-order valence-corrected chi connectivity index (χ3v) is 6.38. The Kier molecular flexibility index (Phi) is 6.53. The molecule has 5 nitrogen and oxygen atoms in total. The van der Waals surface area contributed by atoms with Gasteiger partial charge in [0, 0.05) is 31.2 Å². The van der Waals surface area contributed by atoms with Gasteiger partial charge < -0.3 is 4.42 Å². The molecule has 0 N–H and O–H groups in total. The monoisotopic (exact) mass is 459 g/mol. The Morgan fingerprint density at radius 2 is 1.55 bits per heavy atom. The molecule has 4 aromatic rings. The van der Waals surface area contributed by atoms with Gasteiger partial charge in [0.15, 0.2) is 11.4 Å². The maximum atomic E-state index is 12.7. The summed E-state index contributed by atoms with van der Waals surface area (Å²) in [6.45, 7) is 3.93. The van der Waals surface area contributed by atoms with Gasteiger partial charge in [0.1, 0.15) is 5.52 Å². The number of hydrogen-bond acceptors (Lipinski definition) is 5. The molecule has 0 amide bonds. The summed E-state index contributed by atoms with van der Waals surface area (Å²) < 4.78 is 5.71. The number of fused-ring (bicyclic) bond motifs is 1. The van der Waals surface area contributed by atoms with Crippen molar-refractivity contribution >= 4 is 28.5 Å². The van der Waals surface area contributed by atoms with Crippen LogP contribution in [-0.2, 0) is 11.2 Å². The van der Waals surface area contributed by atoms with Gasteiger partial charge in [0.05, 0.1) is 19.0 Å². The van der Waals surface area contributed by atoms with Gasteiger partial charge in [-0.1, -0.05) is 72.3 Å². The standard InChI is InChI=1S/C27H26ClN3O2/c28-22-11-12-25-24(17-22)29-26(33-25)18-23(32)19-30-13-15-31(16-14-30)27(20-7-3-1-4-8-20)21-9-5-2-6-10-21/h1-12,17,27H,13-16,18-19H2. The number of piperazine rings is 1. The van der Waals surface area contributed by atoms with E-state index in [0.29, 0.717) is 28.6 Å². The lowest BCUT2D eigenvalue weighted by Crippen LogP contribution is -2.49. The predicted octanol–water partition coefficient (Wildman–Crippen LogP) is 5.00. The van der Waals surface area contributed by atoms with E-state index >= 15 is 0 Å². The zero-order chi connectivity index (χ0) is 22.6. The van der Waals surface area contributed by atoms with Crippen molar-refractivity contribution < 1.29 is 9.21 Å². The van der Waals surface area contributed by atoms with E-state index in [-0.39, 0.29) is 18.2 Å². The highest BCUT2D eigenvalue weighted by Gasteiger charge is 2.27. The van der Waals surface area contributed by atoms with E-state index in [0.717, 1.165) is 26.2 Å². The van der Waals surface area contributed by atoms with Crippen LogP contribution in [0.5, 0.6) is 0 Å². The molecule has 1 aromatic heterocycles. The molecule has 1 aliphatic rings. The highest BCUT2D eigenvalue weighted by Crippen LogP contribution is 2.29. The number of rotatable bonds is 7.